The summed E-state index contributed by atoms with van der Waals surface area (Å²) < 4.78 is 1.55. The van der Waals surface area contributed by atoms with E-state index in [9.17, 15) is 0 Å². The summed E-state index contributed by atoms with van der Waals surface area (Å²) >= 11 is 5.88. The van der Waals surface area contributed by atoms with Crippen molar-refractivity contribution in [2.75, 3.05) is 11.9 Å². The third-order valence-corrected chi connectivity index (χ3v) is 3.27. The zero-order chi connectivity index (χ0) is 12.5. The van der Waals surface area contributed by atoms with Gasteiger partial charge in [-0.15, -0.1) is 0 Å². The molecule has 0 aromatic carbocycles. The van der Waals surface area contributed by atoms with E-state index >= 15 is 0 Å². The first kappa shape index (κ1) is 11.4. The van der Waals surface area contributed by atoms with E-state index in [0.717, 1.165) is 12.5 Å². The Balaban J connectivity index is 1.77. The lowest BCUT2D eigenvalue weighted by molar-refractivity contribution is 0.766. The highest BCUT2D eigenvalue weighted by atomic mass is 35.5. The van der Waals surface area contributed by atoms with Gasteiger partial charge in [-0.25, -0.2) is 4.68 Å². The van der Waals surface area contributed by atoms with Gasteiger partial charge in [0.25, 0.3) is 5.95 Å². The highest BCUT2D eigenvalue weighted by Gasteiger charge is 2.32. The second-order valence-corrected chi connectivity index (χ2v) is 4.87. The van der Waals surface area contributed by atoms with Crippen molar-refractivity contribution in [1.82, 2.24) is 24.7 Å². The maximum absolute atomic E-state index is 5.88. The van der Waals surface area contributed by atoms with Gasteiger partial charge in [-0.2, -0.15) is 20.1 Å². The Morgan fingerprint density at radius 3 is 2.94 bits per heavy atom. The molecule has 2 heterocycles. The van der Waals surface area contributed by atoms with Gasteiger partial charge in [-0.3, -0.25) is 0 Å². The van der Waals surface area contributed by atoms with Crippen LogP contribution >= 0.6 is 11.6 Å². The average molecular weight is 265 g/mol. The van der Waals surface area contributed by atoms with Crippen LogP contribution in [0.1, 0.15) is 13.3 Å². The quantitative estimate of drug-likeness (QED) is 0.912. The summed E-state index contributed by atoms with van der Waals surface area (Å²) in [7, 11) is 0. The number of rotatable bonds is 4. The summed E-state index contributed by atoms with van der Waals surface area (Å²) in [6.45, 7) is 3.11. The van der Waals surface area contributed by atoms with Crippen molar-refractivity contribution in [2.45, 2.75) is 13.3 Å². The van der Waals surface area contributed by atoms with E-state index < -0.39 is 0 Å². The van der Waals surface area contributed by atoms with Crippen molar-refractivity contribution in [3.63, 3.8) is 0 Å². The number of aromatic nitrogens is 5. The smallest absolute Gasteiger partial charge is 0.256 e. The molecule has 1 aliphatic carbocycles. The zero-order valence-electron chi connectivity index (χ0n) is 9.91. The molecule has 3 rings (SSSR count). The van der Waals surface area contributed by atoms with Gasteiger partial charge in [0.05, 0.1) is 0 Å². The van der Waals surface area contributed by atoms with Gasteiger partial charge in [0.1, 0.15) is 0 Å². The molecule has 2 aromatic heterocycles. The van der Waals surface area contributed by atoms with Crippen molar-refractivity contribution >= 4 is 17.5 Å². The maximum Gasteiger partial charge on any atom is 0.256 e. The first-order valence-corrected chi connectivity index (χ1v) is 6.25. The molecule has 2 unspecified atom stereocenters. The van der Waals surface area contributed by atoms with Crippen LogP contribution in [0.4, 0.5) is 5.95 Å². The van der Waals surface area contributed by atoms with Crippen LogP contribution < -0.4 is 5.32 Å². The summed E-state index contributed by atoms with van der Waals surface area (Å²) in [6.07, 6.45) is 4.69. The number of hydrogen-bond donors (Lipinski definition) is 1. The Hall–Kier alpha value is -1.69. The minimum Gasteiger partial charge on any atom is -0.354 e. The molecule has 1 fully saturated rings. The largest absolute Gasteiger partial charge is 0.354 e. The highest BCUT2D eigenvalue weighted by molar-refractivity contribution is 6.28. The maximum atomic E-state index is 5.88. The molecule has 0 bridgehead atoms. The molecular formula is C11H13ClN6. The molecule has 0 saturated heterocycles. The van der Waals surface area contributed by atoms with Gasteiger partial charge in [0.15, 0.2) is 0 Å². The van der Waals surface area contributed by atoms with Gasteiger partial charge in [-0.05, 0) is 35.9 Å². The molecule has 1 aliphatic rings. The Kier molecular flexibility index (Phi) is 2.87. The van der Waals surface area contributed by atoms with E-state index in [4.69, 9.17) is 11.6 Å². The lowest BCUT2D eigenvalue weighted by atomic mass is 10.3. The summed E-state index contributed by atoms with van der Waals surface area (Å²) in [5.41, 5.74) is 0. The second kappa shape index (κ2) is 4.53. The number of nitrogens with one attached hydrogen (secondary N) is 1. The van der Waals surface area contributed by atoms with E-state index in [1.165, 1.54) is 6.42 Å². The summed E-state index contributed by atoms with van der Waals surface area (Å²) in [5.74, 6) is 2.43. The fourth-order valence-electron chi connectivity index (χ4n) is 1.81. The third-order valence-electron chi connectivity index (χ3n) is 3.10. The van der Waals surface area contributed by atoms with Gasteiger partial charge in [0, 0.05) is 18.9 Å². The third kappa shape index (κ3) is 2.43. The SMILES string of the molecule is CC1CC1CNc1nc(Cl)nc(-n2cccn2)n1. The standard InChI is InChI=1S/C11H13ClN6/c1-7-5-8(7)6-13-10-15-9(12)16-11(17-10)18-4-2-3-14-18/h2-4,7-8H,5-6H2,1H3,(H,13,15,16,17). The Morgan fingerprint density at radius 2 is 2.28 bits per heavy atom. The van der Waals surface area contributed by atoms with Gasteiger partial charge >= 0.3 is 0 Å². The van der Waals surface area contributed by atoms with E-state index in [0.29, 0.717) is 17.8 Å². The minimum absolute atomic E-state index is 0.168. The van der Waals surface area contributed by atoms with E-state index in [2.05, 4.69) is 32.3 Å². The number of hydrogen-bond acceptors (Lipinski definition) is 5. The van der Waals surface area contributed by atoms with E-state index in [-0.39, 0.29) is 5.28 Å². The minimum atomic E-state index is 0.168. The van der Waals surface area contributed by atoms with Crippen LogP contribution in [0.3, 0.4) is 0 Å². The van der Waals surface area contributed by atoms with Gasteiger partial charge in [-0.1, -0.05) is 6.92 Å². The van der Waals surface area contributed by atoms with E-state index in [1.54, 1.807) is 23.1 Å². The predicted octanol–water partition coefficient (Wildman–Crippen LogP) is 1.78. The van der Waals surface area contributed by atoms with Gasteiger partial charge < -0.3 is 5.32 Å². The van der Waals surface area contributed by atoms with Crippen LogP contribution in [0.2, 0.25) is 5.28 Å². The topological polar surface area (TPSA) is 68.5 Å². The molecule has 18 heavy (non-hydrogen) atoms. The normalized spacial score (nSPS) is 21.9. The number of nitrogens with zero attached hydrogens (tertiary/aromatic N) is 5. The zero-order valence-corrected chi connectivity index (χ0v) is 10.7. The molecule has 7 heteroatoms. The predicted molar refractivity (Wildman–Crippen MR) is 67.7 cm³/mol. The fourth-order valence-corrected chi connectivity index (χ4v) is 1.97. The molecule has 1 N–H and O–H groups in total. The van der Waals surface area contributed by atoms with E-state index in [1.807, 2.05) is 0 Å². The summed E-state index contributed by atoms with van der Waals surface area (Å²) in [4.78, 5) is 12.4. The molecule has 94 valence electrons. The molecular weight excluding hydrogens is 252 g/mol. The number of anilines is 1. The highest BCUT2D eigenvalue weighted by Crippen LogP contribution is 2.37. The molecule has 0 radical (unpaired) electrons. The van der Waals surface area contributed by atoms with Crippen molar-refractivity contribution in [2.24, 2.45) is 11.8 Å². The Labute approximate surface area is 109 Å². The number of halogens is 1. The molecule has 0 amide bonds. The average Bonchev–Trinajstić information content (AvgIpc) is 2.83. The van der Waals surface area contributed by atoms with Crippen molar-refractivity contribution in [3.8, 4) is 5.95 Å². The molecule has 0 spiro atoms. The fraction of sp³-hybridized carbons (Fsp3) is 0.455. The summed E-state index contributed by atoms with van der Waals surface area (Å²) in [5, 5.41) is 7.43. The van der Waals surface area contributed by atoms with Gasteiger partial charge in [0.2, 0.25) is 11.2 Å². The monoisotopic (exact) mass is 264 g/mol. The first-order valence-electron chi connectivity index (χ1n) is 5.88. The van der Waals surface area contributed by atoms with Crippen LogP contribution in [0.5, 0.6) is 0 Å². The van der Waals surface area contributed by atoms with Crippen molar-refractivity contribution in [3.05, 3.63) is 23.7 Å². The second-order valence-electron chi connectivity index (χ2n) is 4.53. The Bertz CT molecular complexity index is 540. The van der Waals surface area contributed by atoms with Crippen molar-refractivity contribution in [1.29, 1.82) is 0 Å². The summed E-state index contributed by atoms with van der Waals surface area (Å²) in [6, 6.07) is 1.80. The first-order chi connectivity index (χ1) is 8.72. The van der Waals surface area contributed by atoms with Crippen LogP contribution in [0.25, 0.3) is 5.95 Å². The van der Waals surface area contributed by atoms with Crippen LogP contribution in [0, 0.1) is 11.8 Å². The molecule has 2 aromatic rings. The molecule has 0 aliphatic heterocycles. The molecule has 1 saturated carbocycles. The Morgan fingerprint density at radius 1 is 1.44 bits per heavy atom. The van der Waals surface area contributed by atoms with Crippen LogP contribution in [-0.2, 0) is 0 Å². The molecule has 2 atom stereocenters. The van der Waals surface area contributed by atoms with Crippen LogP contribution in [0.15, 0.2) is 18.5 Å². The lowest BCUT2D eigenvalue weighted by Gasteiger charge is -2.06. The van der Waals surface area contributed by atoms with Crippen LogP contribution in [-0.4, -0.2) is 31.3 Å². The van der Waals surface area contributed by atoms with Crippen molar-refractivity contribution < 1.29 is 0 Å². The molecule has 6 nitrogen and oxygen atoms in total. The lowest BCUT2D eigenvalue weighted by Crippen LogP contribution is -2.11.